The van der Waals surface area contributed by atoms with Crippen molar-refractivity contribution in [3.05, 3.63) is 134 Å². The number of phosphoric acid groups is 1. The van der Waals surface area contributed by atoms with E-state index in [1.54, 1.807) is 6.08 Å². The first-order valence-electron chi connectivity index (χ1n) is 36.1. The van der Waals surface area contributed by atoms with E-state index < -0.39 is 20.0 Å². The van der Waals surface area contributed by atoms with Crippen LogP contribution in [0.1, 0.15) is 303 Å². The molecular formula is C78H138N2O6P+. The molecule has 0 spiro atoms. The van der Waals surface area contributed by atoms with Gasteiger partial charge in [0.15, 0.2) is 0 Å². The molecule has 0 bridgehead atoms. The summed E-state index contributed by atoms with van der Waals surface area (Å²) in [5, 5.41) is 14.0. The number of carbonyl (C=O) groups is 1. The standard InChI is InChI=1S/C78H137N2O6P/c1-6-8-10-12-14-16-18-20-22-24-26-28-30-32-34-36-37-38-39-40-41-42-43-44-46-48-50-52-54-56-58-60-62-64-66-68-70-72-78(82)79-76(75-86-87(83,84)85-74-73-80(3,4)5)77(81)71-69-67-65-63-61-59-57-55-53-51-49-47-45-35-33-31-29-27-25-23-21-19-17-15-13-11-9-7-2/h8,10,14,16,20,22,26,28,32,34,37-38,40-41,43-44,48,50,61,63,69,71,76-77,81H,6-7,9,11-13,15,17-19,21,23-25,27,29-31,33,35-36,39,42,45-47,49,51-60,62,64-68,70,72-75H2,1-5H3,(H-,79,82,83,84)/p+1/b10-8-,16-14-,22-20-,28-26-,34-32-,38-37-,41-40-,44-43-,50-48-,63-61+,71-69+. The van der Waals surface area contributed by atoms with Crippen LogP contribution in [0.5, 0.6) is 0 Å². The van der Waals surface area contributed by atoms with Crippen molar-refractivity contribution in [2.24, 2.45) is 0 Å². The minimum atomic E-state index is -4.37. The molecule has 0 fully saturated rings. The van der Waals surface area contributed by atoms with E-state index in [0.29, 0.717) is 17.4 Å². The van der Waals surface area contributed by atoms with Crippen molar-refractivity contribution < 1.29 is 32.9 Å². The molecule has 0 rings (SSSR count). The molecule has 0 aromatic heterocycles. The van der Waals surface area contributed by atoms with Crippen molar-refractivity contribution in [1.29, 1.82) is 0 Å². The van der Waals surface area contributed by atoms with Gasteiger partial charge < -0.3 is 19.8 Å². The number of hydrogen-bond acceptors (Lipinski definition) is 5. The second kappa shape index (κ2) is 67.0. The Morgan fingerprint density at radius 3 is 1.06 bits per heavy atom. The van der Waals surface area contributed by atoms with Gasteiger partial charge in [-0.05, 0) is 103 Å². The Morgan fingerprint density at radius 2 is 0.701 bits per heavy atom. The van der Waals surface area contributed by atoms with Crippen LogP contribution in [-0.2, 0) is 18.4 Å². The number of carbonyl (C=O) groups excluding carboxylic acids is 1. The van der Waals surface area contributed by atoms with Gasteiger partial charge >= 0.3 is 7.82 Å². The molecular weight excluding hydrogens is 1090 g/mol. The number of nitrogens with one attached hydrogen (secondary N) is 1. The quantitative estimate of drug-likeness (QED) is 0.0243. The number of hydrogen-bond donors (Lipinski definition) is 3. The number of allylic oxidation sites excluding steroid dienone is 21. The van der Waals surface area contributed by atoms with E-state index >= 15 is 0 Å². The van der Waals surface area contributed by atoms with Gasteiger partial charge in [-0.1, -0.05) is 327 Å². The molecule has 9 heteroatoms. The van der Waals surface area contributed by atoms with Gasteiger partial charge in [0.25, 0.3) is 0 Å². The van der Waals surface area contributed by atoms with Crippen LogP contribution in [0.15, 0.2) is 134 Å². The Hall–Kier alpha value is -3.36. The lowest BCUT2D eigenvalue weighted by Crippen LogP contribution is -2.45. The summed E-state index contributed by atoms with van der Waals surface area (Å²) in [7, 11) is 1.54. The van der Waals surface area contributed by atoms with Crippen LogP contribution in [0.25, 0.3) is 0 Å². The van der Waals surface area contributed by atoms with Crippen molar-refractivity contribution in [3.8, 4) is 0 Å². The minimum absolute atomic E-state index is 0.0489. The molecule has 0 radical (unpaired) electrons. The summed E-state index contributed by atoms with van der Waals surface area (Å²) in [6.45, 7) is 4.69. The normalized spacial score (nSPS) is 14.4. The third kappa shape index (κ3) is 70.0. The van der Waals surface area contributed by atoms with Gasteiger partial charge in [0.1, 0.15) is 13.2 Å². The lowest BCUT2D eigenvalue weighted by Gasteiger charge is -2.25. The number of likely N-dealkylation sites (N-methyl/N-ethyl adjacent to an activating group) is 1. The smallest absolute Gasteiger partial charge is 0.387 e. The van der Waals surface area contributed by atoms with Crippen LogP contribution < -0.4 is 5.32 Å². The molecule has 0 aromatic carbocycles. The molecule has 500 valence electrons. The number of nitrogens with zero attached hydrogens (tertiary/aromatic N) is 1. The summed E-state index contributed by atoms with van der Waals surface area (Å²) in [5.41, 5.74) is 0. The fourth-order valence-electron chi connectivity index (χ4n) is 10.1. The van der Waals surface area contributed by atoms with Crippen LogP contribution in [0, 0.1) is 0 Å². The number of aliphatic hydroxyl groups excluding tert-OH is 1. The summed E-state index contributed by atoms with van der Waals surface area (Å²) in [6, 6.07) is -0.878. The molecule has 0 aromatic rings. The minimum Gasteiger partial charge on any atom is -0.387 e. The van der Waals surface area contributed by atoms with Crippen LogP contribution >= 0.6 is 7.82 Å². The summed E-state index contributed by atoms with van der Waals surface area (Å²) in [4.78, 5) is 23.4. The number of unbranched alkanes of at least 4 members (excludes halogenated alkanes) is 32. The lowest BCUT2D eigenvalue weighted by atomic mass is 10.0. The maximum atomic E-state index is 13.1. The second-order valence-electron chi connectivity index (χ2n) is 25.2. The Bertz CT molecular complexity index is 1880. The van der Waals surface area contributed by atoms with Gasteiger partial charge in [0.2, 0.25) is 5.91 Å². The van der Waals surface area contributed by atoms with Gasteiger partial charge in [-0.3, -0.25) is 13.8 Å². The molecule has 0 heterocycles. The fourth-order valence-corrected chi connectivity index (χ4v) is 10.8. The summed E-state index contributed by atoms with van der Waals surface area (Å²) >= 11 is 0. The van der Waals surface area contributed by atoms with Gasteiger partial charge in [-0.15, -0.1) is 0 Å². The van der Waals surface area contributed by atoms with E-state index in [1.165, 1.54) is 180 Å². The molecule has 0 aliphatic heterocycles. The Morgan fingerprint density at radius 1 is 0.402 bits per heavy atom. The highest BCUT2D eigenvalue weighted by Crippen LogP contribution is 2.43. The second-order valence-corrected chi connectivity index (χ2v) is 26.7. The molecule has 87 heavy (non-hydrogen) atoms. The molecule has 3 atom stereocenters. The van der Waals surface area contributed by atoms with Crippen LogP contribution in [0.3, 0.4) is 0 Å². The highest BCUT2D eigenvalue weighted by atomic mass is 31.2. The zero-order chi connectivity index (χ0) is 63.4. The molecule has 3 unspecified atom stereocenters. The van der Waals surface area contributed by atoms with Crippen molar-refractivity contribution in [2.45, 2.75) is 315 Å². The van der Waals surface area contributed by atoms with Crippen molar-refractivity contribution >= 4 is 13.7 Å². The van der Waals surface area contributed by atoms with Gasteiger partial charge in [-0.2, -0.15) is 0 Å². The number of phosphoric ester groups is 1. The largest absolute Gasteiger partial charge is 0.472 e. The van der Waals surface area contributed by atoms with E-state index in [1.807, 2.05) is 27.2 Å². The molecule has 0 aliphatic carbocycles. The summed E-state index contributed by atoms with van der Waals surface area (Å²) < 4.78 is 23.8. The number of amides is 1. The van der Waals surface area contributed by atoms with Gasteiger partial charge in [-0.25, -0.2) is 4.57 Å². The fraction of sp³-hybridized carbons (Fsp3) is 0.705. The van der Waals surface area contributed by atoms with Crippen molar-refractivity contribution in [3.63, 3.8) is 0 Å². The van der Waals surface area contributed by atoms with E-state index in [4.69, 9.17) is 9.05 Å². The lowest BCUT2D eigenvalue weighted by molar-refractivity contribution is -0.870. The monoisotopic (exact) mass is 1230 g/mol. The zero-order valence-electron chi connectivity index (χ0n) is 57.2. The Kier molecular flexibility index (Phi) is 64.5. The summed E-state index contributed by atoms with van der Waals surface area (Å²) in [6.07, 6.45) is 102. The maximum absolute atomic E-state index is 13.1. The SMILES string of the molecule is CC/C=C\C/C=C\C/C=C\C/C=C\C/C=C\C/C=C\C/C=C\C/C=C\C/C=C\CCCCCCCCCCCC(=O)NC(COP(=O)(O)OCC[N+](C)(C)C)C(O)/C=C/CC/C=C/CCCCCCCCCCCCCCCCCCCCCCCC. The van der Waals surface area contributed by atoms with Crippen LogP contribution in [-0.4, -0.2) is 73.4 Å². The first kappa shape index (κ1) is 83.6. The predicted octanol–water partition coefficient (Wildman–Crippen LogP) is 23.4. The molecule has 0 aliphatic rings. The average Bonchev–Trinajstić information content (AvgIpc) is 3.70. The Labute approximate surface area is 538 Å². The van der Waals surface area contributed by atoms with Crippen LogP contribution in [0.2, 0.25) is 0 Å². The Balaban J connectivity index is 4.16. The average molecular weight is 1230 g/mol. The van der Waals surface area contributed by atoms with Crippen molar-refractivity contribution in [1.82, 2.24) is 5.32 Å². The van der Waals surface area contributed by atoms with Gasteiger partial charge in [0.05, 0.1) is 39.9 Å². The van der Waals surface area contributed by atoms with Crippen molar-refractivity contribution in [2.75, 3.05) is 40.9 Å². The topological polar surface area (TPSA) is 105 Å². The van der Waals surface area contributed by atoms with E-state index in [-0.39, 0.29) is 19.1 Å². The molecule has 1 amide bonds. The highest BCUT2D eigenvalue weighted by molar-refractivity contribution is 7.47. The highest BCUT2D eigenvalue weighted by Gasteiger charge is 2.28. The number of aliphatic hydroxyl groups is 1. The van der Waals surface area contributed by atoms with Crippen LogP contribution in [0.4, 0.5) is 0 Å². The molecule has 8 nitrogen and oxygen atoms in total. The van der Waals surface area contributed by atoms with E-state index in [2.05, 4.69) is 141 Å². The first-order valence-corrected chi connectivity index (χ1v) is 37.6. The third-order valence-corrected chi connectivity index (χ3v) is 16.6. The molecule has 3 N–H and O–H groups in total. The first-order chi connectivity index (χ1) is 42.5. The summed E-state index contributed by atoms with van der Waals surface area (Å²) in [5.74, 6) is -0.196. The number of rotatable bonds is 65. The van der Waals surface area contributed by atoms with E-state index in [9.17, 15) is 19.4 Å². The predicted molar refractivity (Wildman–Crippen MR) is 382 cm³/mol. The number of quaternary nitrogens is 1. The molecule has 0 saturated heterocycles. The molecule has 0 saturated carbocycles. The maximum Gasteiger partial charge on any atom is 0.472 e. The zero-order valence-corrected chi connectivity index (χ0v) is 58.1. The third-order valence-electron chi connectivity index (χ3n) is 15.6. The van der Waals surface area contributed by atoms with E-state index in [0.717, 1.165) is 103 Å². The van der Waals surface area contributed by atoms with Gasteiger partial charge in [0, 0.05) is 6.42 Å².